The van der Waals surface area contributed by atoms with E-state index in [0.29, 0.717) is 35.3 Å². The van der Waals surface area contributed by atoms with E-state index in [1.807, 2.05) is 35.2 Å². The summed E-state index contributed by atoms with van der Waals surface area (Å²) in [5.41, 5.74) is 2.93. The minimum absolute atomic E-state index is 0.00501. The van der Waals surface area contributed by atoms with E-state index >= 15 is 0 Å². The zero-order chi connectivity index (χ0) is 18.8. The Morgan fingerprint density at radius 1 is 1.11 bits per heavy atom. The van der Waals surface area contributed by atoms with Gasteiger partial charge in [-0.2, -0.15) is 0 Å². The smallest absolute Gasteiger partial charge is 0.255 e. The first-order valence-corrected chi connectivity index (χ1v) is 9.97. The summed E-state index contributed by atoms with van der Waals surface area (Å²) in [6.07, 6.45) is 5.74. The number of halogens is 1. The maximum Gasteiger partial charge on any atom is 0.255 e. The minimum atomic E-state index is -0.217. The molecule has 27 heavy (non-hydrogen) atoms. The summed E-state index contributed by atoms with van der Waals surface area (Å²) in [5, 5.41) is 3.56. The molecule has 0 bridgehead atoms. The molecule has 1 heterocycles. The molecule has 140 valence electrons. The van der Waals surface area contributed by atoms with Crippen molar-refractivity contribution in [3.8, 4) is 0 Å². The second kappa shape index (κ2) is 7.73. The lowest BCUT2D eigenvalue weighted by Crippen LogP contribution is -2.37. The van der Waals surface area contributed by atoms with Gasteiger partial charge in [-0.3, -0.25) is 9.59 Å². The zero-order valence-electron chi connectivity index (χ0n) is 15.2. The van der Waals surface area contributed by atoms with Gasteiger partial charge in [0.15, 0.2) is 0 Å². The number of fused-ring (bicyclic) bond motifs is 1. The number of benzene rings is 2. The molecule has 0 atom stereocenters. The molecular formula is C22H23ClN2O2. The first kappa shape index (κ1) is 18.1. The Hall–Kier alpha value is -2.33. The Morgan fingerprint density at radius 3 is 2.67 bits per heavy atom. The van der Waals surface area contributed by atoms with Crippen molar-refractivity contribution < 1.29 is 9.59 Å². The third-order valence-electron chi connectivity index (χ3n) is 5.57. The van der Waals surface area contributed by atoms with Crippen molar-refractivity contribution in [2.45, 2.75) is 51.2 Å². The molecule has 1 aliphatic heterocycles. The van der Waals surface area contributed by atoms with E-state index in [0.717, 1.165) is 24.0 Å². The highest BCUT2D eigenvalue weighted by molar-refractivity contribution is 6.30. The second-order valence-electron chi connectivity index (χ2n) is 7.38. The Balaban J connectivity index is 1.51. The SMILES string of the molecule is O=C(NCc1cccc(Cl)c1)c1cccc2c1C(=O)N(C1CCCCC1)C2. The number of nitrogens with one attached hydrogen (secondary N) is 1. The predicted molar refractivity (Wildman–Crippen MR) is 106 cm³/mol. The molecule has 0 aromatic heterocycles. The maximum absolute atomic E-state index is 13.1. The van der Waals surface area contributed by atoms with Gasteiger partial charge >= 0.3 is 0 Å². The summed E-state index contributed by atoms with van der Waals surface area (Å²) in [4.78, 5) is 27.8. The van der Waals surface area contributed by atoms with Crippen LogP contribution in [-0.2, 0) is 13.1 Å². The van der Waals surface area contributed by atoms with Gasteiger partial charge in [-0.15, -0.1) is 0 Å². The van der Waals surface area contributed by atoms with Gasteiger partial charge in [-0.1, -0.05) is 55.1 Å². The van der Waals surface area contributed by atoms with Crippen LogP contribution in [0.1, 0.15) is 63.9 Å². The minimum Gasteiger partial charge on any atom is -0.348 e. The fourth-order valence-electron chi connectivity index (χ4n) is 4.18. The molecule has 0 radical (unpaired) electrons. The van der Waals surface area contributed by atoms with E-state index < -0.39 is 0 Å². The summed E-state index contributed by atoms with van der Waals surface area (Å²) >= 11 is 6.00. The molecule has 0 unspecified atom stereocenters. The van der Waals surface area contributed by atoms with Crippen LogP contribution in [0, 0.1) is 0 Å². The number of hydrogen-bond acceptors (Lipinski definition) is 2. The molecule has 4 nitrogen and oxygen atoms in total. The Kier molecular flexibility index (Phi) is 5.17. The number of amides is 2. The van der Waals surface area contributed by atoms with Crippen molar-refractivity contribution in [2.75, 3.05) is 0 Å². The third kappa shape index (κ3) is 3.72. The van der Waals surface area contributed by atoms with E-state index in [1.54, 1.807) is 12.1 Å². The molecule has 1 aliphatic carbocycles. The highest BCUT2D eigenvalue weighted by Gasteiger charge is 2.35. The van der Waals surface area contributed by atoms with Crippen molar-refractivity contribution in [3.63, 3.8) is 0 Å². The number of carbonyl (C=O) groups is 2. The molecule has 2 aromatic carbocycles. The predicted octanol–water partition coefficient (Wildman–Crippen LogP) is 4.56. The van der Waals surface area contributed by atoms with Crippen LogP contribution in [0.4, 0.5) is 0 Å². The first-order valence-electron chi connectivity index (χ1n) is 9.59. The topological polar surface area (TPSA) is 49.4 Å². The van der Waals surface area contributed by atoms with Crippen LogP contribution in [0.2, 0.25) is 5.02 Å². The lowest BCUT2D eigenvalue weighted by atomic mass is 9.94. The van der Waals surface area contributed by atoms with Gasteiger partial charge in [0.1, 0.15) is 0 Å². The first-order chi connectivity index (χ1) is 13.1. The average Bonchev–Trinajstić information content (AvgIpc) is 3.04. The number of rotatable bonds is 4. The second-order valence-corrected chi connectivity index (χ2v) is 7.81. The molecule has 1 N–H and O–H groups in total. The number of carbonyl (C=O) groups excluding carboxylic acids is 2. The molecule has 0 spiro atoms. The molecule has 2 aliphatic rings. The van der Waals surface area contributed by atoms with Crippen molar-refractivity contribution in [2.24, 2.45) is 0 Å². The fourth-order valence-corrected chi connectivity index (χ4v) is 4.40. The van der Waals surface area contributed by atoms with Gasteiger partial charge < -0.3 is 10.2 Å². The molecule has 5 heteroatoms. The van der Waals surface area contributed by atoms with Crippen molar-refractivity contribution in [1.29, 1.82) is 0 Å². The van der Waals surface area contributed by atoms with E-state index in [-0.39, 0.29) is 11.8 Å². The van der Waals surface area contributed by atoms with Gasteiger partial charge in [-0.25, -0.2) is 0 Å². The third-order valence-corrected chi connectivity index (χ3v) is 5.80. The largest absolute Gasteiger partial charge is 0.348 e. The van der Waals surface area contributed by atoms with Crippen LogP contribution in [0.15, 0.2) is 42.5 Å². The van der Waals surface area contributed by atoms with E-state index in [2.05, 4.69) is 5.32 Å². The number of nitrogens with zero attached hydrogens (tertiary/aromatic N) is 1. The Bertz CT molecular complexity index is 874. The normalized spacial score (nSPS) is 17.1. The molecule has 2 aromatic rings. The van der Waals surface area contributed by atoms with Crippen molar-refractivity contribution >= 4 is 23.4 Å². The van der Waals surface area contributed by atoms with E-state index in [9.17, 15) is 9.59 Å². The van der Waals surface area contributed by atoms with Crippen molar-refractivity contribution in [3.05, 3.63) is 69.7 Å². The van der Waals surface area contributed by atoms with Gasteiger partial charge in [0.25, 0.3) is 11.8 Å². The van der Waals surface area contributed by atoms with Gasteiger partial charge in [0.05, 0.1) is 11.1 Å². The number of hydrogen-bond donors (Lipinski definition) is 1. The van der Waals surface area contributed by atoms with E-state index in [4.69, 9.17) is 11.6 Å². The molecule has 1 saturated carbocycles. The van der Waals surface area contributed by atoms with E-state index in [1.165, 1.54) is 19.3 Å². The zero-order valence-corrected chi connectivity index (χ0v) is 16.0. The molecule has 2 amide bonds. The standard InChI is InChI=1S/C22H23ClN2O2/c23-17-8-4-6-15(12-17)13-24-21(26)19-11-5-7-16-14-25(22(27)20(16)19)18-9-2-1-3-10-18/h4-8,11-12,18H,1-3,9-10,13-14H2,(H,24,26). The molecule has 1 fully saturated rings. The Morgan fingerprint density at radius 2 is 1.89 bits per heavy atom. The highest BCUT2D eigenvalue weighted by atomic mass is 35.5. The fraction of sp³-hybridized carbons (Fsp3) is 0.364. The quantitative estimate of drug-likeness (QED) is 0.842. The van der Waals surface area contributed by atoms with Crippen LogP contribution < -0.4 is 5.32 Å². The summed E-state index contributed by atoms with van der Waals surface area (Å²) in [6, 6.07) is 13.3. The van der Waals surface area contributed by atoms with Gasteiger partial charge in [0, 0.05) is 24.2 Å². The van der Waals surface area contributed by atoms with Crippen LogP contribution in [0.5, 0.6) is 0 Å². The average molecular weight is 383 g/mol. The molecule has 4 rings (SSSR count). The summed E-state index contributed by atoms with van der Waals surface area (Å²) < 4.78 is 0. The maximum atomic E-state index is 13.1. The molecular weight excluding hydrogens is 360 g/mol. The monoisotopic (exact) mass is 382 g/mol. The van der Waals surface area contributed by atoms with Gasteiger partial charge in [0.2, 0.25) is 0 Å². The highest BCUT2D eigenvalue weighted by Crippen LogP contribution is 2.32. The van der Waals surface area contributed by atoms with Crippen LogP contribution in [-0.4, -0.2) is 22.8 Å². The molecule has 0 saturated heterocycles. The lowest BCUT2D eigenvalue weighted by Gasteiger charge is -2.30. The van der Waals surface area contributed by atoms with Crippen LogP contribution >= 0.6 is 11.6 Å². The van der Waals surface area contributed by atoms with Crippen LogP contribution in [0.3, 0.4) is 0 Å². The summed E-state index contributed by atoms with van der Waals surface area (Å²) in [6.45, 7) is 0.998. The summed E-state index contributed by atoms with van der Waals surface area (Å²) in [5.74, 6) is -0.212. The summed E-state index contributed by atoms with van der Waals surface area (Å²) in [7, 11) is 0. The lowest BCUT2D eigenvalue weighted by molar-refractivity contribution is 0.0656. The van der Waals surface area contributed by atoms with Crippen molar-refractivity contribution in [1.82, 2.24) is 10.2 Å². The van der Waals surface area contributed by atoms with Gasteiger partial charge in [-0.05, 0) is 42.2 Å². The Labute approximate surface area is 164 Å². The van der Waals surface area contributed by atoms with Crippen LogP contribution in [0.25, 0.3) is 0 Å².